The van der Waals surface area contributed by atoms with Crippen LogP contribution in [0, 0.1) is 11.3 Å². The van der Waals surface area contributed by atoms with Crippen molar-refractivity contribution in [2.75, 3.05) is 20.0 Å². The van der Waals surface area contributed by atoms with Crippen molar-refractivity contribution in [3.05, 3.63) is 59.2 Å². The quantitative estimate of drug-likeness (QED) is 0.509. The van der Waals surface area contributed by atoms with E-state index in [4.69, 9.17) is 14.7 Å². The van der Waals surface area contributed by atoms with Gasteiger partial charge in [0.05, 0.1) is 31.6 Å². The van der Waals surface area contributed by atoms with Crippen LogP contribution in [-0.2, 0) is 21.3 Å². The number of nitrogens with one attached hydrogen (secondary N) is 1. The van der Waals surface area contributed by atoms with Crippen LogP contribution in [0.2, 0.25) is 0 Å². The van der Waals surface area contributed by atoms with Crippen LogP contribution in [0.25, 0.3) is 0 Å². The molecule has 0 aromatic heterocycles. The molecule has 0 radical (unpaired) electrons. The molecule has 1 heterocycles. The van der Waals surface area contributed by atoms with Gasteiger partial charge in [0.1, 0.15) is 17.6 Å². The molecular formula is C28H37N3O5S. The average molecular weight is 528 g/mol. The zero-order valence-electron chi connectivity index (χ0n) is 21.8. The molecule has 4 rings (SSSR count). The molecule has 2 fully saturated rings. The second-order valence-corrected chi connectivity index (χ2v) is 12.3. The van der Waals surface area contributed by atoms with Crippen LogP contribution in [0.3, 0.4) is 0 Å². The first-order chi connectivity index (χ1) is 17.7. The number of benzene rings is 2. The second kappa shape index (κ2) is 11.8. The number of rotatable bonds is 9. The summed E-state index contributed by atoms with van der Waals surface area (Å²) in [5, 5.41) is 22.6. The number of hydrogen-bond acceptors (Lipinski definition) is 7. The van der Waals surface area contributed by atoms with Crippen LogP contribution < -0.4 is 10.1 Å². The summed E-state index contributed by atoms with van der Waals surface area (Å²) in [6.07, 6.45) is 5.82. The molecule has 2 N–H and O–H groups in total. The standard InChI is InChI=1S/C28H37N3O5S/c1-19-14-27(31(37(3,33)34)17-20-4-10-24(35-2)11-5-20)26(30-19)18-36-25-12-8-21(9-13-25)22-6-7-23(16-29)28(32)15-22/h4-7,10-11,15,19,21,25-27,30,32H,8-9,12-14,17-18H2,1-3H3/t19-,21?,25?,26+,27+/m1/s1. The molecule has 2 aliphatic rings. The van der Waals surface area contributed by atoms with E-state index >= 15 is 0 Å². The van der Waals surface area contributed by atoms with Gasteiger partial charge in [0.2, 0.25) is 10.0 Å². The minimum Gasteiger partial charge on any atom is -0.507 e. The Morgan fingerprint density at radius 1 is 1.14 bits per heavy atom. The van der Waals surface area contributed by atoms with Crippen molar-refractivity contribution >= 4 is 10.0 Å². The molecule has 37 heavy (non-hydrogen) atoms. The Morgan fingerprint density at radius 3 is 2.43 bits per heavy atom. The highest BCUT2D eigenvalue weighted by molar-refractivity contribution is 7.88. The van der Waals surface area contributed by atoms with Gasteiger partial charge in [-0.2, -0.15) is 9.57 Å². The fraction of sp³-hybridized carbons (Fsp3) is 0.536. The molecule has 200 valence electrons. The fourth-order valence-corrected chi connectivity index (χ4v) is 6.75. The monoisotopic (exact) mass is 527 g/mol. The van der Waals surface area contributed by atoms with Gasteiger partial charge >= 0.3 is 0 Å². The van der Waals surface area contributed by atoms with E-state index in [0.29, 0.717) is 24.6 Å². The van der Waals surface area contributed by atoms with Gasteiger partial charge in [0, 0.05) is 24.7 Å². The summed E-state index contributed by atoms with van der Waals surface area (Å²) in [6.45, 7) is 2.84. The number of phenols is 1. The fourth-order valence-electron chi connectivity index (χ4n) is 5.64. The molecule has 0 spiro atoms. The van der Waals surface area contributed by atoms with Gasteiger partial charge < -0.3 is 19.9 Å². The third-order valence-electron chi connectivity index (χ3n) is 7.65. The first kappa shape index (κ1) is 27.4. The summed E-state index contributed by atoms with van der Waals surface area (Å²) in [6, 6.07) is 14.7. The van der Waals surface area contributed by atoms with Crippen molar-refractivity contribution < 1.29 is 23.0 Å². The lowest BCUT2D eigenvalue weighted by Gasteiger charge is -2.33. The third-order valence-corrected chi connectivity index (χ3v) is 8.90. The summed E-state index contributed by atoms with van der Waals surface area (Å²) >= 11 is 0. The highest BCUT2D eigenvalue weighted by Gasteiger charge is 2.40. The van der Waals surface area contributed by atoms with Crippen LogP contribution in [0.4, 0.5) is 0 Å². The molecule has 1 aliphatic heterocycles. The van der Waals surface area contributed by atoms with E-state index in [1.807, 2.05) is 36.4 Å². The molecular weight excluding hydrogens is 490 g/mol. The van der Waals surface area contributed by atoms with E-state index in [0.717, 1.165) is 49.0 Å². The number of hydrogen-bond donors (Lipinski definition) is 2. The SMILES string of the molecule is COc1ccc(CN([C@H]2C[C@@H](C)N[C@H]2COC2CCC(c3ccc(C#N)c(O)c3)CC2)S(C)(=O)=O)cc1. The van der Waals surface area contributed by atoms with Crippen LogP contribution in [0.1, 0.15) is 61.6 Å². The first-order valence-corrected chi connectivity index (χ1v) is 14.7. The molecule has 8 nitrogen and oxygen atoms in total. The summed E-state index contributed by atoms with van der Waals surface area (Å²) in [5.74, 6) is 1.11. The van der Waals surface area contributed by atoms with E-state index in [9.17, 15) is 13.5 Å². The highest BCUT2D eigenvalue weighted by Crippen LogP contribution is 2.36. The maximum atomic E-state index is 12.8. The Balaban J connectivity index is 1.36. The molecule has 1 aliphatic carbocycles. The van der Waals surface area contributed by atoms with E-state index < -0.39 is 10.0 Å². The lowest BCUT2D eigenvalue weighted by Crippen LogP contribution is -2.48. The number of aromatic hydroxyl groups is 1. The minimum absolute atomic E-state index is 0.0379. The number of methoxy groups -OCH3 is 1. The van der Waals surface area contributed by atoms with Crippen molar-refractivity contribution in [2.45, 2.75) is 75.7 Å². The number of nitriles is 1. The Morgan fingerprint density at radius 2 is 1.84 bits per heavy atom. The lowest BCUT2D eigenvalue weighted by molar-refractivity contribution is 0.00773. The molecule has 0 bridgehead atoms. The second-order valence-electron chi connectivity index (χ2n) is 10.3. The first-order valence-electron chi connectivity index (χ1n) is 12.9. The molecule has 3 atom stereocenters. The molecule has 9 heteroatoms. The predicted molar refractivity (Wildman–Crippen MR) is 142 cm³/mol. The lowest BCUT2D eigenvalue weighted by atomic mass is 9.82. The van der Waals surface area contributed by atoms with Crippen molar-refractivity contribution in [1.82, 2.24) is 9.62 Å². The highest BCUT2D eigenvalue weighted by atomic mass is 32.2. The Kier molecular flexibility index (Phi) is 8.75. The van der Waals surface area contributed by atoms with Crippen molar-refractivity contribution in [3.63, 3.8) is 0 Å². The minimum atomic E-state index is -3.44. The van der Waals surface area contributed by atoms with Crippen molar-refractivity contribution in [3.8, 4) is 17.6 Å². The largest absolute Gasteiger partial charge is 0.507 e. The molecule has 1 saturated carbocycles. The third kappa shape index (κ3) is 6.82. The number of sulfonamides is 1. The average Bonchev–Trinajstić information content (AvgIpc) is 3.25. The Hall–Kier alpha value is -2.64. The van der Waals surface area contributed by atoms with Gasteiger partial charge in [0.25, 0.3) is 0 Å². The van der Waals surface area contributed by atoms with Gasteiger partial charge in [0.15, 0.2) is 0 Å². The van der Waals surface area contributed by atoms with Gasteiger partial charge in [-0.1, -0.05) is 18.2 Å². The number of phenolic OH excluding ortho intramolecular Hbond substituents is 1. The summed E-state index contributed by atoms with van der Waals surface area (Å²) in [4.78, 5) is 0. The van der Waals surface area contributed by atoms with E-state index in [-0.39, 0.29) is 30.0 Å². The molecule has 0 unspecified atom stereocenters. The molecule has 2 aromatic carbocycles. The molecule has 1 saturated heterocycles. The zero-order chi connectivity index (χ0) is 26.6. The van der Waals surface area contributed by atoms with Crippen molar-refractivity contribution in [2.24, 2.45) is 0 Å². The summed E-state index contributed by atoms with van der Waals surface area (Å²) < 4.78 is 38.8. The van der Waals surface area contributed by atoms with Crippen molar-refractivity contribution in [1.29, 1.82) is 5.26 Å². The number of nitrogens with zero attached hydrogens (tertiary/aromatic N) is 2. The maximum Gasteiger partial charge on any atom is 0.211 e. The van der Waals surface area contributed by atoms with Crippen LogP contribution in [0.5, 0.6) is 11.5 Å². The maximum absolute atomic E-state index is 12.8. The van der Waals surface area contributed by atoms with Crippen LogP contribution >= 0.6 is 0 Å². The van der Waals surface area contributed by atoms with E-state index in [1.54, 1.807) is 23.5 Å². The summed E-state index contributed by atoms with van der Waals surface area (Å²) in [7, 11) is -1.83. The Bertz CT molecular complexity index is 1200. The summed E-state index contributed by atoms with van der Waals surface area (Å²) in [5.41, 5.74) is 2.27. The molecule has 0 amide bonds. The molecule has 2 aromatic rings. The van der Waals surface area contributed by atoms with Gasteiger partial charge in [-0.3, -0.25) is 0 Å². The van der Waals surface area contributed by atoms with Crippen LogP contribution in [-0.4, -0.2) is 62.0 Å². The predicted octanol–water partition coefficient (Wildman–Crippen LogP) is 3.90. The number of ether oxygens (including phenoxy) is 2. The topological polar surface area (TPSA) is 112 Å². The normalized spacial score (nSPS) is 26.2. The Labute approximate surface area is 220 Å². The van der Waals surface area contributed by atoms with E-state index in [1.165, 1.54) is 6.26 Å². The zero-order valence-corrected chi connectivity index (χ0v) is 22.6. The van der Waals surface area contributed by atoms with Crippen LogP contribution in [0.15, 0.2) is 42.5 Å². The smallest absolute Gasteiger partial charge is 0.211 e. The van der Waals surface area contributed by atoms with Gasteiger partial charge in [-0.15, -0.1) is 0 Å². The van der Waals surface area contributed by atoms with Gasteiger partial charge in [-0.05, 0) is 80.3 Å². The van der Waals surface area contributed by atoms with Gasteiger partial charge in [-0.25, -0.2) is 8.42 Å². The van der Waals surface area contributed by atoms with E-state index in [2.05, 4.69) is 12.2 Å².